The lowest BCUT2D eigenvalue weighted by Crippen LogP contribution is -2.59. The number of pyridine rings is 1. The van der Waals surface area contributed by atoms with E-state index < -0.39 is 48.0 Å². The largest absolute Gasteiger partial charge is 0.406 e. The number of carbonyl (C=O) groups is 3. The van der Waals surface area contributed by atoms with Crippen molar-refractivity contribution in [2.24, 2.45) is 0 Å². The number of hydrogen-bond donors (Lipinski definition) is 2. The molecule has 3 amide bonds. The number of halogens is 3. The Labute approximate surface area is 235 Å². The molecular weight excluding hydrogens is 533 g/mol. The van der Waals surface area contributed by atoms with Gasteiger partial charge in [-0.1, -0.05) is 49.4 Å². The van der Waals surface area contributed by atoms with Crippen molar-refractivity contribution in [2.75, 3.05) is 11.9 Å². The van der Waals surface area contributed by atoms with Crippen LogP contribution in [0.15, 0.2) is 66.9 Å². The van der Waals surface area contributed by atoms with Crippen molar-refractivity contribution in [3.05, 3.63) is 94.7 Å². The van der Waals surface area contributed by atoms with Crippen LogP contribution >= 0.6 is 0 Å². The predicted molar refractivity (Wildman–Crippen MR) is 145 cm³/mol. The summed E-state index contributed by atoms with van der Waals surface area (Å²) in [7, 11) is 0. The number of aromatic nitrogens is 1. The van der Waals surface area contributed by atoms with Gasteiger partial charge in [0.15, 0.2) is 0 Å². The number of benzene rings is 2. The molecule has 5 atom stereocenters. The maximum atomic E-state index is 13.5. The summed E-state index contributed by atoms with van der Waals surface area (Å²) in [5.74, 6) is -1.46. The maximum Gasteiger partial charge on any atom is 0.406 e. The predicted octanol–water partition coefficient (Wildman–Crippen LogP) is 4.70. The second kappa shape index (κ2) is 9.71. The van der Waals surface area contributed by atoms with E-state index in [-0.39, 0.29) is 23.8 Å². The minimum atomic E-state index is -4.58. The number of fused-ring (bicyclic) bond motifs is 3. The molecule has 1 spiro atoms. The van der Waals surface area contributed by atoms with Gasteiger partial charge in [0.05, 0.1) is 5.41 Å². The summed E-state index contributed by atoms with van der Waals surface area (Å²) in [4.78, 5) is 45.0. The fourth-order valence-electron chi connectivity index (χ4n) is 6.92. The normalized spacial score (nSPS) is 27.0. The number of nitrogens with zero attached hydrogens (tertiary/aromatic N) is 2. The Hall–Kier alpha value is -4.21. The quantitative estimate of drug-likeness (QED) is 0.483. The molecule has 0 saturated carbocycles. The topological polar surface area (TPSA) is 91.4 Å². The Bertz CT molecular complexity index is 1540. The molecule has 2 aliphatic heterocycles. The zero-order chi connectivity index (χ0) is 29.1. The number of likely N-dealkylation sites (tertiary alicyclic amines) is 1. The van der Waals surface area contributed by atoms with E-state index in [1.165, 1.54) is 0 Å². The van der Waals surface area contributed by atoms with Crippen LogP contribution in [-0.2, 0) is 21.4 Å². The van der Waals surface area contributed by atoms with Crippen molar-refractivity contribution in [2.45, 2.75) is 62.2 Å². The van der Waals surface area contributed by atoms with E-state index in [9.17, 15) is 27.6 Å². The highest BCUT2D eigenvalue weighted by Crippen LogP contribution is 2.53. The summed E-state index contributed by atoms with van der Waals surface area (Å²) < 4.78 is 40.4. The molecular formula is C31H29F3N4O3. The van der Waals surface area contributed by atoms with E-state index in [1.54, 1.807) is 43.5 Å². The van der Waals surface area contributed by atoms with Crippen LogP contribution in [0, 0.1) is 0 Å². The third-order valence-electron chi connectivity index (χ3n) is 9.03. The average Bonchev–Trinajstić information content (AvgIpc) is 3.40. The van der Waals surface area contributed by atoms with E-state index in [1.807, 2.05) is 37.3 Å². The molecule has 212 valence electrons. The maximum absolute atomic E-state index is 13.5. The van der Waals surface area contributed by atoms with E-state index in [0.717, 1.165) is 27.2 Å². The second-order valence-electron chi connectivity index (χ2n) is 11.2. The third-order valence-corrected chi connectivity index (χ3v) is 9.03. The Morgan fingerprint density at radius 3 is 2.59 bits per heavy atom. The van der Waals surface area contributed by atoms with Gasteiger partial charge in [-0.25, -0.2) is 4.98 Å². The van der Waals surface area contributed by atoms with Crippen molar-refractivity contribution in [1.29, 1.82) is 0 Å². The molecule has 0 bridgehead atoms. The van der Waals surface area contributed by atoms with Gasteiger partial charge in [0.2, 0.25) is 11.8 Å². The molecule has 1 fully saturated rings. The summed E-state index contributed by atoms with van der Waals surface area (Å²) in [5.41, 5.74) is 2.84. The first-order valence-corrected chi connectivity index (χ1v) is 13.6. The summed E-state index contributed by atoms with van der Waals surface area (Å²) in [6.45, 7) is 2.21. The minimum Gasteiger partial charge on any atom is -0.340 e. The van der Waals surface area contributed by atoms with Gasteiger partial charge >= 0.3 is 6.18 Å². The summed E-state index contributed by atoms with van der Waals surface area (Å²) >= 11 is 0. The third kappa shape index (κ3) is 4.45. The molecule has 1 aromatic heterocycles. The second-order valence-corrected chi connectivity index (χ2v) is 11.2. The fraction of sp³-hybridized carbons (Fsp3) is 0.355. The number of carbonyl (C=O) groups excluding carboxylic acids is 3. The monoisotopic (exact) mass is 562 g/mol. The molecule has 10 heteroatoms. The molecule has 0 unspecified atom stereocenters. The summed E-state index contributed by atoms with van der Waals surface area (Å²) in [5, 5.41) is 5.60. The standard InChI is InChI=1S/C31H29F3N4O3/c1-17-22-11-10-20(13-21(22)15-30(17)24-9-6-12-35-26(24)37-29(30)41)27(39)36-25-14-23(19-7-4-3-5-8-19)18(2)38(28(25)40)16-31(32,33)34/h3-13,17-18,23,25H,14-16H2,1-2H3,(H,36,39)(H,35,37,41)/t17-,18+,23+,25-,30-/m0/s1. The van der Waals surface area contributed by atoms with Crippen LogP contribution in [-0.4, -0.2) is 52.4 Å². The van der Waals surface area contributed by atoms with Crippen molar-refractivity contribution in [3.63, 3.8) is 0 Å². The Morgan fingerprint density at radius 1 is 1.10 bits per heavy atom. The lowest BCUT2D eigenvalue weighted by atomic mass is 9.73. The highest BCUT2D eigenvalue weighted by Gasteiger charge is 2.55. The highest BCUT2D eigenvalue weighted by atomic mass is 19.4. The molecule has 41 heavy (non-hydrogen) atoms. The smallest absolute Gasteiger partial charge is 0.340 e. The van der Waals surface area contributed by atoms with Gasteiger partial charge in [-0.3, -0.25) is 14.4 Å². The van der Waals surface area contributed by atoms with Gasteiger partial charge in [0.1, 0.15) is 18.4 Å². The SMILES string of the molecule is C[C@@H]1[C@H](c2ccccc2)C[C@H](NC(=O)c2ccc3c(c2)C[C@]2(C(=O)Nc4ncccc42)[C@H]3C)C(=O)N1CC(F)(F)F. The van der Waals surface area contributed by atoms with Crippen LogP contribution in [0.3, 0.4) is 0 Å². The van der Waals surface area contributed by atoms with Gasteiger partial charge in [-0.2, -0.15) is 13.2 Å². The number of alkyl halides is 3. The van der Waals surface area contributed by atoms with Gasteiger partial charge in [0.25, 0.3) is 5.91 Å². The van der Waals surface area contributed by atoms with Crippen LogP contribution < -0.4 is 10.6 Å². The van der Waals surface area contributed by atoms with Crippen LogP contribution in [0.25, 0.3) is 0 Å². The molecule has 0 radical (unpaired) electrons. The summed E-state index contributed by atoms with van der Waals surface area (Å²) in [6, 6.07) is 16.1. The first kappa shape index (κ1) is 27.0. The zero-order valence-corrected chi connectivity index (χ0v) is 22.5. The van der Waals surface area contributed by atoms with Gasteiger partial charge in [-0.05, 0) is 54.7 Å². The van der Waals surface area contributed by atoms with E-state index >= 15 is 0 Å². The fourth-order valence-corrected chi connectivity index (χ4v) is 6.92. The van der Waals surface area contributed by atoms with Crippen LogP contribution in [0.5, 0.6) is 0 Å². The van der Waals surface area contributed by atoms with Gasteiger partial charge < -0.3 is 15.5 Å². The Kier molecular flexibility index (Phi) is 6.39. The molecule has 7 nitrogen and oxygen atoms in total. The molecule has 3 aliphatic rings. The van der Waals surface area contributed by atoms with E-state index in [0.29, 0.717) is 12.2 Å². The van der Waals surface area contributed by atoms with Crippen LogP contribution in [0.4, 0.5) is 19.0 Å². The van der Waals surface area contributed by atoms with Crippen LogP contribution in [0.1, 0.15) is 64.7 Å². The molecule has 1 aliphatic carbocycles. The van der Waals surface area contributed by atoms with Crippen molar-refractivity contribution in [3.8, 4) is 0 Å². The van der Waals surface area contributed by atoms with Gasteiger partial charge in [-0.15, -0.1) is 0 Å². The number of nitrogens with one attached hydrogen (secondary N) is 2. The number of amides is 3. The lowest BCUT2D eigenvalue weighted by Gasteiger charge is -2.43. The van der Waals surface area contributed by atoms with Crippen molar-refractivity contribution in [1.82, 2.24) is 15.2 Å². The van der Waals surface area contributed by atoms with Gasteiger partial charge in [0, 0.05) is 35.2 Å². The minimum absolute atomic E-state index is 0.139. The molecule has 3 heterocycles. The molecule has 2 N–H and O–H groups in total. The van der Waals surface area contributed by atoms with Crippen molar-refractivity contribution < 1.29 is 27.6 Å². The van der Waals surface area contributed by atoms with Crippen LogP contribution in [0.2, 0.25) is 0 Å². The lowest BCUT2D eigenvalue weighted by molar-refractivity contribution is -0.170. The Balaban J connectivity index is 1.27. The average molecular weight is 563 g/mol. The van der Waals surface area contributed by atoms with Crippen molar-refractivity contribution >= 4 is 23.5 Å². The number of piperidine rings is 1. The molecule has 3 aromatic rings. The summed E-state index contributed by atoms with van der Waals surface area (Å²) in [6.07, 6.45) is -2.40. The highest BCUT2D eigenvalue weighted by molar-refractivity contribution is 6.07. The Morgan fingerprint density at radius 2 is 1.85 bits per heavy atom. The number of anilines is 1. The molecule has 1 saturated heterocycles. The first-order chi connectivity index (χ1) is 19.5. The number of hydrogen-bond acceptors (Lipinski definition) is 4. The number of rotatable bonds is 4. The zero-order valence-electron chi connectivity index (χ0n) is 22.5. The first-order valence-electron chi connectivity index (χ1n) is 13.6. The molecule has 2 aromatic carbocycles. The molecule has 6 rings (SSSR count). The van der Waals surface area contributed by atoms with E-state index in [2.05, 4.69) is 15.6 Å². The van der Waals surface area contributed by atoms with E-state index in [4.69, 9.17) is 0 Å².